The van der Waals surface area contributed by atoms with E-state index in [1.807, 2.05) is 67.6 Å². The van der Waals surface area contributed by atoms with Crippen molar-refractivity contribution in [3.05, 3.63) is 93.4 Å². The SMILES string of the molecule is CCCCN(C(=O)Nc1cccc(Br)c1)C(C)c1nc2ccccc2c(=O)n1-c1ccccc1OC. The van der Waals surface area contributed by atoms with Crippen molar-refractivity contribution in [2.24, 2.45) is 0 Å². The van der Waals surface area contributed by atoms with Crippen molar-refractivity contribution in [3.8, 4) is 11.4 Å². The number of carbonyl (C=O) groups is 1. The van der Waals surface area contributed by atoms with Gasteiger partial charge in [0.1, 0.15) is 11.6 Å². The number of halogens is 1. The molecule has 0 aliphatic heterocycles. The van der Waals surface area contributed by atoms with E-state index in [9.17, 15) is 9.59 Å². The lowest BCUT2D eigenvalue weighted by Crippen LogP contribution is -2.40. The van der Waals surface area contributed by atoms with Crippen LogP contribution in [0.25, 0.3) is 16.6 Å². The van der Waals surface area contributed by atoms with Crippen molar-refractivity contribution in [2.75, 3.05) is 19.0 Å². The van der Waals surface area contributed by atoms with Crippen molar-refractivity contribution in [1.82, 2.24) is 14.5 Å². The van der Waals surface area contributed by atoms with E-state index in [0.717, 1.165) is 17.3 Å². The zero-order valence-corrected chi connectivity index (χ0v) is 22.2. The van der Waals surface area contributed by atoms with E-state index in [1.165, 1.54) is 0 Å². The molecule has 186 valence electrons. The number of carbonyl (C=O) groups excluding carboxylic acids is 1. The average Bonchev–Trinajstić information content (AvgIpc) is 2.88. The predicted octanol–water partition coefficient (Wildman–Crippen LogP) is 6.55. The van der Waals surface area contributed by atoms with Gasteiger partial charge in [-0.05, 0) is 55.8 Å². The minimum absolute atomic E-state index is 0.213. The van der Waals surface area contributed by atoms with Crippen LogP contribution in [-0.4, -0.2) is 34.1 Å². The molecule has 8 heteroatoms. The molecule has 7 nitrogen and oxygen atoms in total. The number of urea groups is 1. The van der Waals surface area contributed by atoms with E-state index in [0.29, 0.717) is 40.4 Å². The predicted molar refractivity (Wildman–Crippen MR) is 147 cm³/mol. The summed E-state index contributed by atoms with van der Waals surface area (Å²) in [7, 11) is 1.57. The van der Waals surface area contributed by atoms with Gasteiger partial charge in [-0.25, -0.2) is 9.78 Å². The first-order chi connectivity index (χ1) is 17.4. The number of methoxy groups -OCH3 is 1. The molecule has 3 aromatic carbocycles. The maximum Gasteiger partial charge on any atom is 0.322 e. The van der Waals surface area contributed by atoms with Gasteiger partial charge in [0.25, 0.3) is 5.56 Å². The normalized spacial score (nSPS) is 11.8. The number of para-hydroxylation sites is 3. The van der Waals surface area contributed by atoms with Crippen molar-refractivity contribution in [2.45, 2.75) is 32.7 Å². The number of hydrogen-bond acceptors (Lipinski definition) is 4. The number of nitrogens with one attached hydrogen (secondary N) is 1. The van der Waals surface area contributed by atoms with Crippen LogP contribution in [0.3, 0.4) is 0 Å². The number of amides is 2. The summed E-state index contributed by atoms with van der Waals surface area (Å²) in [4.78, 5) is 34.0. The number of aromatic nitrogens is 2. The average molecular weight is 549 g/mol. The van der Waals surface area contributed by atoms with E-state index < -0.39 is 6.04 Å². The Labute approximate surface area is 218 Å². The van der Waals surface area contributed by atoms with Crippen molar-refractivity contribution >= 4 is 38.6 Å². The number of anilines is 1. The van der Waals surface area contributed by atoms with Crippen LogP contribution in [0.5, 0.6) is 5.75 Å². The van der Waals surface area contributed by atoms with Crippen LogP contribution in [0, 0.1) is 0 Å². The summed E-state index contributed by atoms with van der Waals surface area (Å²) in [5, 5.41) is 3.49. The Morgan fingerprint density at radius 3 is 2.61 bits per heavy atom. The molecule has 0 aliphatic rings. The second kappa shape index (κ2) is 11.4. The highest BCUT2D eigenvalue weighted by Crippen LogP contribution is 2.28. The maximum absolute atomic E-state index is 13.8. The van der Waals surface area contributed by atoms with Crippen LogP contribution in [-0.2, 0) is 0 Å². The Hall–Kier alpha value is -3.65. The Kier molecular flexibility index (Phi) is 8.05. The highest BCUT2D eigenvalue weighted by atomic mass is 79.9. The molecule has 0 fully saturated rings. The van der Waals surface area contributed by atoms with Crippen LogP contribution in [0.1, 0.15) is 38.6 Å². The minimum atomic E-state index is -0.508. The van der Waals surface area contributed by atoms with E-state index in [1.54, 1.807) is 28.7 Å². The van der Waals surface area contributed by atoms with Crippen molar-refractivity contribution in [3.63, 3.8) is 0 Å². The van der Waals surface area contributed by atoms with Gasteiger partial charge in [-0.1, -0.05) is 59.6 Å². The summed E-state index contributed by atoms with van der Waals surface area (Å²) in [5.74, 6) is 1.01. The molecule has 1 atom stereocenters. The standard InChI is InChI=1S/C28H29BrN4O3/c1-4-5-17-32(28(35)30-21-12-10-11-20(29)18-21)19(2)26-31-23-14-7-6-13-22(23)27(34)33(26)24-15-8-9-16-25(24)36-3/h6-16,18-19H,4-5,17H2,1-3H3,(H,30,35). The second-order valence-corrected chi connectivity index (χ2v) is 9.38. The highest BCUT2D eigenvalue weighted by Gasteiger charge is 2.27. The van der Waals surface area contributed by atoms with Gasteiger partial charge in [0.05, 0.1) is 29.7 Å². The van der Waals surface area contributed by atoms with Crippen LogP contribution in [0.2, 0.25) is 0 Å². The second-order valence-electron chi connectivity index (χ2n) is 8.46. The quantitative estimate of drug-likeness (QED) is 0.270. The Morgan fingerprint density at radius 1 is 1.11 bits per heavy atom. The van der Waals surface area contributed by atoms with Gasteiger partial charge in [-0.2, -0.15) is 0 Å². The first kappa shape index (κ1) is 25.4. The molecule has 0 aliphatic carbocycles. The Morgan fingerprint density at radius 2 is 1.86 bits per heavy atom. The van der Waals surface area contributed by atoms with Gasteiger partial charge in [-0.15, -0.1) is 0 Å². The molecule has 0 bridgehead atoms. The monoisotopic (exact) mass is 548 g/mol. The summed E-state index contributed by atoms with van der Waals surface area (Å²) >= 11 is 3.45. The molecule has 0 saturated heterocycles. The molecule has 1 N–H and O–H groups in total. The van der Waals surface area contributed by atoms with Crippen LogP contribution in [0.15, 0.2) is 82.1 Å². The number of ether oxygens (including phenoxy) is 1. The zero-order chi connectivity index (χ0) is 25.7. The molecule has 0 saturated carbocycles. The molecule has 36 heavy (non-hydrogen) atoms. The van der Waals surface area contributed by atoms with E-state index in [4.69, 9.17) is 9.72 Å². The highest BCUT2D eigenvalue weighted by molar-refractivity contribution is 9.10. The molecular weight excluding hydrogens is 520 g/mol. The van der Waals surface area contributed by atoms with E-state index in [2.05, 4.69) is 28.2 Å². The van der Waals surface area contributed by atoms with Crippen LogP contribution >= 0.6 is 15.9 Å². The van der Waals surface area contributed by atoms with Gasteiger partial charge in [0, 0.05) is 16.7 Å². The lowest BCUT2D eigenvalue weighted by atomic mass is 10.1. The van der Waals surface area contributed by atoms with Crippen molar-refractivity contribution < 1.29 is 9.53 Å². The minimum Gasteiger partial charge on any atom is -0.495 e. The smallest absolute Gasteiger partial charge is 0.322 e. The lowest BCUT2D eigenvalue weighted by molar-refractivity contribution is 0.188. The zero-order valence-electron chi connectivity index (χ0n) is 20.6. The Balaban J connectivity index is 1.86. The fourth-order valence-electron chi connectivity index (χ4n) is 4.18. The number of fused-ring (bicyclic) bond motifs is 1. The third kappa shape index (κ3) is 5.28. The molecule has 0 radical (unpaired) electrons. The lowest BCUT2D eigenvalue weighted by Gasteiger charge is -2.31. The molecule has 4 rings (SSSR count). The third-order valence-corrected chi connectivity index (χ3v) is 6.55. The largest absolute Gasteiger partial charge is 0.495 e. The molecule has 1 heterocycles. The summed E-state index contributed by atoms with van der Waals surface area (Å²) < 4.78 is 8.02. The summed E-state index contributed by atoms with van der Waals surface area (Å²) in [6.07, 6.45) is 1.72. The van der Waals surface area contributed by atoms with Gasteiger partial charge >= 0.3 is 6.03 Å². The van der Waals surface area contributed by atoms with Gasteiger partial charge < -0.3 is 15.0 Å². The summed E-state index contributed by atoms with van der Waals surface area (Å²) in [6, 6.07) is 21.3. The molecule has 4 aromatic rings. The van der Waals surface area contributed by atoms with Crippen LogP contribution < -0.4 is 15.6 Å². The number of nitrogens with zero attached hydrogens (tertiary/aromatic N) is 3. The van der Waals surface area contributed by atoms with Gasteiger partial charge in [0.15, 0.2) is 0 Å². The molecule has 1 unspecified atom stereocenters. The summed E-state index contributed by atoms with van der Waals surface area (Å²) in [6.45, 7) is 4.48. The first-order valence-electron chi connectivity index (χ1n) is 11.9. The third-order valence-electron chi connectivity index (χ3n) is 6.06. The number of benzene rings is 3. The van der Waals surface area contributed by atoms with Gasteiger partial charge in [0.2, 0.25) is 0 Å². The number of rotatable bonds is 8. The fourth-order valence-corrected chi connectivity index (χ4v) is 4.58. The molecule has 0 spiro atoms. The first-order valence-corrected chi connectivity index (χ1v) is 12.7. The van der Waals surface area contributed by atoms with Crippen molar-refractivity contribution in [1.29, 1.82) is 0 Å². The molecular formula is C28H29BrN4O3. The van der Waals surface area contributed by atoms with Gasteiger partial charge in [-0.3, -0.25) is 9.36 Å². The summed E-state index contributed by atoms with van der Waals surface area (Å²) in [5.41, 5.74) is 1.62. The maximum atomic E-state index is 13.8. The Bertz CT molecular complexity index is 1440. The topological polar surface area (TPSA) is 76.5 Å². The van der Waals surface area contributed by atoms with E-state index >= 15 is 0 Å². The van der Waals surface area contributed by atoms with Crippen LogP contribution in [0.4, 0.5) is 10.5 Å². The fraction of sp³-hybridized carbons (Fsp3) is 0.250. The molecule has 2 amide bonds. The van der Waals surface area contributed by atoms with E-state index in [-0.39, 0.29) is 11.6 Å². The number of hydrogen-bond donors (Lipinski definition) is 1. The number of unbranched alkanes of at least 4 members (excludes halogenated alkanes) is 1. The molecule has 1 aromatic heterocycles.